The molecule has 0 spiro atoms. The van der Waals surface area contributed by atoms with Gasteiger partial charge in [-0.05, 0) is 18.1 Å². The molecule has 26 heavy (non-hydrogen) atoms. The maximum atomic E-state index is 14.0. The van der Waals surface area contributed by atoms with Crippen molar-refractivity contribution >= 4 is 17.7 Å². The molecule has 2 rings (SSSR count). The molecule has 0 fully saturated rings. The Morgan fingerprint density at radius 1 is 1.31 bits per heavy atom. The number of unbranched alkanes of at least 4 members (excludes halogenated alkanes) is 2. The highest BCUT2D eigenvalue weighted by molar-refractivity contribution is 6.06. The van der Waals surface area contributed by atoms with E-state index in [9.17, 15) is 22.4 Å². The molecule has 2 aromatic rings. The first-order valence-corrected chi connectivity index (χ1v) is 8.12. The Labute approximate surface area is 148 Å². The van der Waals surface area contributed by atoms with Gasteiger partial charge in [-0.25, -0.2) is 4.68 Å². The average Bonchev–Trinajstić information content (AvgIpc) is 2.88. The first-order valence-electron chi connectivity index (χ1n) is 8.12. The number of nitrogens with zero attached hydrogens (tertiary/aromatic N) is 2. The molecule has 1 heterocycles. The molecule has 0 unspecified atom stereocenters. The van der Waals surface area contributed by atoms with E-state index in [-0.39, 0.29) is 0 Å². The summed E-state index contributed by atoms with van der Waals surface area (Å²) >= 11 is 0. The molecule has 1 amide bonds. The van der Waals surface area contributed by atoms with E-state index in [4.69, 9.17) is 0 Å². The van der Waals surface area contributed by atoms with Crippen LogP contribution in [0.3, 0.4) is 0 Å². The zero-order valence-electron chi connectivity index (χ0n) is 14.4. The first-order chi connectivity index (χ1) is 12.3. The van der Waals surface area contributed by atoms with Crippen LogP contribution in [0.1, 0.15) is 47.8 Å². The minimum atomic E-state index is -4.94. The molecule has 4 nitrogen and oxygen atoms in total. The van der Waals surface area contributed by atoms with Crippen LogP contribution in [0.4, 0.5) is 23.2 Å². The number of nitrogens with one attached hydrogen (secondary N) is 1. The number of anilines is 1. The summed E-state index contributed by atoms with van der Waals surface area (Å²) in [4.78, 5) is 12.3. The van der Waals surface area contributed by atoms with Gasteiger partial charge >= 0.3 is 6.18 Å². The lowest BCUT2D eigenvalue weighted by Crippen LogP contribution is -2.19. The number of amides is 1. The molecule has 8 heteroatoms. The van der Waals surface area contributed by atoms with Crippen molar-refractivity contribution in [3.8, 4) is 0 Å². The number of halogens is 4. The van der Waals surface area contributed by atoms with Gasteiger partial charge in [0.15, 0.2) is 5.69 Å². The third-order valence-corrected chi connectivity index (χ3v) is 3.70. The van der Waals surface area contributed by atoms with E-state index in [0.29, 0.717) is 15.9 Å². The first kappa shape index (κ1) is 19.7. The number of carbonyl (C=O) groups is 1. The molecule has 0 saturated heterocycles. The number of benzene rings is 1. The van der Waals surface area contributed by atoms with Gasteiger partial charge in [-0.3, -0.25) is 4.79 Å². The highest BCUT2D eigenvalue weighted by Crippen LogP contribution is 2.32. The average molecular weight is 369 g/mol. The third-order valence-electron chi connectivity index (χ3n) is 3.70. The summed E-state index contributed by atoms with van der Waals surface area (Å²) < 4.78 is 53.5. The summed E-state index contributed by atoms with van der Waals surface area (Å²) in [5, 5.41) is 5.43. The molecule has 0 saturated carbocycles. The highest BCUT2D eigenvalue weighted by atomic mass is 19.4. The second-order valence-corrected chi connectivity index (χ2v) is 5.72. The fourth-order valence-electron chi connectivity index (χ4n) is 2.38. The number of para-hydroxylation sites is 1. The highest BCUT2D eigenvalue weighted by Gasteiger charge is 2.41. The van der Waals surface area contributed by atoms with Gasteiger partial charge in [0.1, 0.15) is 5.56 Å². The number of carbonyl (C=O) groups excluding carboxylic acids is 1. The van der Waals surface area contributed by atoms with Crippen LogP contribution in [0.15, 0.2) is 30.3 Å². The van der Waals surface area contributed by atoms with Crippen LogP contribution in [0.5, 0.6) is 0 Å². The predicted octanol–water partition coefficient (Wildman–Crippen LogP) is 5.03. The molecular formula is C18H19F4N3O. The second-order valence-electron chi connectivity index (χ2n) is 5.72. The van der Waals surface area contributed by atoms with E-state index >= 15 is 0 Å². The quantitative estimate of drug-likeness (QED) is 0.573. The third kappa shape index (κ3) is 4.50. The Bertz CT molecular complexity index is 809. The Kier molecular flexibility index (Phi) is 6.18. The normalized spacial score (nSPS) is 11.9. The van der Waals surface area contributed by atoms with E-state index in [1.807, 2.05) is 6.08 Å². The fraction of sp³-hybridized carbons (Fsp3) is 0.333. The molecule has 0 bridgehead atoms. The molecule has 1 N–H and O–H groups in total. The summed E-state index contributed by atoms with van der Waals surface area (Å²) in [6, 6.07) is 6.62. The molecule has 0 aliphatic heterocycles. The largest absolute Gasteiger partial charge is 0.436 e. The van der Waals surface area contributed by atoms with E-state index in [0.717, 1.165) is 26.3 Å². The monoisotopic (exact) mass is 369 g/mol. The minimum Gasteiger partial charge on any atom is -0.321 e. The number of allylic oxidation sites excluding steroid dienone is 1. The molecule has 0 aliphatic carbocycles. The van der Waals surface area contributed by atoms with Crippen molar-refractivity contribution in [3.63, 3.8) is 0 Å². The smallest absolute Gasteiger partial charge is 0.321 e. The van der Waals surface area contributed by atoms with Crippen molar-refractivity contribution in [2.24, 2.45) is 7.05 Å². The predicted molar refractivity (Wildman–Crippen MR) is 91.1 cm³/mol. The van der Waals surface area contributed by atoms with Gasteiger partial charge in [0, 0.05) is 12.7 Å². The van der Waals surface area contributed by atoms with Crippen LogP contribution in [0.25, 0.3) is 6.08 Å². The zero-order chi connectivity index (χ0) is 19.3. The second kappa shape index (κ2) is 8.16. The maximum absolute atomic E-state index is 14.0. The van der Waals surface area contributed by atoms with Gasteiger partial charge in [0.25, 0.3) is 5.91 Å². The lowest BCUT2D eigenvalue weighted by molar-refractivity contribution is -0.141. The van der Waals surface area contributed by atoms with Crippen molar-refractivity contribution in [3.05, 3.63) is 53.1 Å². The van der Waals surface area contributed by atoms with Crippen molar-refractivity contribution in [1.82, 2.24) is 9.78 Å². The van der Waals surface area contributed by atoms with Crippen LogP contribution in [0, 0.1) is 5.95 Å². The van der Waals surface area contributed by atoms with Crippen molar-refractivity contribution in [2.45, 2.75) is 32.4 Å². The van der Waals surface area contributed by atoms with E-state index in [2.05, 4.69) is 17.3 Å². The lowest BCUT2D eigenvalue weighted by Gasteiger charge is -2.10. The minimum absolute atomic E-state index is 0.293. The van der Waals surface area contributed by atoms with Crippen LogP contribution < -0.4 is 5.32 Å². The lowest BCUT2D eigenvalue weighted by atomic mass is 10.1. The van der Waals surface area contributed by atoms with Crippen LogP contribution in [0.2, 0.25) is 0 Å². The number of rotatable bonds is 6. The van der Waals surface area contributed by atoms with Crippen LogP contribution in [-0.2, 0) is 13.2 Å². The number of hydrogen-bond acceptors (Lipinski definition) is 2. The van der Waals surface area contributed by atoms with Crippen molar-refractivity contribution < 1.29 is 22.4 Å². The molecule has 1 aromatic heterocycles. The van der Waals surface area contributed by atoms with Gasteiger partial charge in [-0.2, -0.15) is 22.7 Å². The number of hydrogen-bond donors (Lipinski definition) is 1. The zero-order valence-corrected chi connectivity index (χ0v) is 14.4. The Balaban J connectivity index is 2.31. The van der Waals surface area contributed by atoms with E-state index < -0.39 is 29.3 Å². The van der Waals surface area contributed by atoms with Gasteiger partial charge in [-0.15, -0.1) is 0 Å². The van der Waals surface area contributed by atoms with Gasteiger partial charge in [0.05, 0.1) is 0 Å². The van der Waals surface area contributed by atoms with Gasteiger partial charge in [-0.1, -0.05) is 50.1 Å². The maximum Gasteiger partial charge on any atom is 0.436 e. The van der Waals surface area contributed by atoms with Crippen molar-refractivity contribution in [1.29, 1.82) is 0 Å². The van der Waals surface area contributed by atoms with E-state index in [1.165, 1.54) is 0 Å². The van der Waals surface area contributed by atoms with E-state index in [1.54, 1.807) is 30.3 Å². The summed E-state index contributed by atoms with van der Waals surface area (Å²) in [6.45, 7) is 2.06. The molecule has 140 valence electrons. The van der Waals surface area contributed by atoms with Gasteiger partial charge in [0.2, 0.25) is 5.95 Å². The molecule has 0 aliphatic rings. The van der Waals surface area contributed by atoms with Crippen LogP contribution in [-0.4, -0.2) is 15.7 Å². The number of aromatic nitrogens is 2. The molecule has 0 radical (unpaired) electrons. The van der Waals surface area contributed by atoms with Crippen LogP contribution >= 0.6 is 0 Å². The standard InChI is InChI=1S/C18H19F4N3O/c1-3-4-5-6-9-12-10-7-8-11-13(12)23-17(26)14-15(18(20,21)22)24-25(2)16(14)19/h6-11H,3-5H2,1-2H3,(H,23,26)/b9-6+. The van der Waals surface area contributed by atoms with Gasteiger partial charge < -0.3 is 5.32 Å². The Morgan fingerprint density at radius 3 is 2.65 bits per heavy atom. The Morgan fingerprint density at radius 2 is 2.00 bits per heavy atom. The summed E-state index contributed by atoms with van der Waals surface area (Å²) in [5.74, 6) is -2.54. The molecular weight excluding hydrogens is 350 g/mol. The topological polar surface area (TPSA) is 46.9 Å². The Hall–Kier alpha value is -2.64. The molecule has 1 aromatic carbocycles. The van der Waals surface area contributed by atoms with Crippen molar-refractivity contribution in [2.75, 3.05) is 5.32 Å². The summed E-state index contributed by atoms with van der Waals surface area (Å²) in [6.07, 6.45) is 1.63. The number of alkyl halides is 3. The SMILES string of the molecule is CCCC/C=C/c1ccccc1NC(=O)c1c(C(F)(F)F)nn(C)c1F. The summed E-state index contributed by atoms with van der Waals surface area (Å²) in [7, 11) is 1.01. The fourth-order valence-corrected chi connectivity index (χ4v) is 2.38. The summed E-state index contributed by atoms with van der Waals surface area (Å²) in [5.41, 5.74) is -1.76. The number of aryl methyl sites for hydroxylation is 1. The molecule has 0 atom stereocenters.